The van der Waals surface area contributed by atoms with Crippen LogP contribution in [0.1, 0.15) is 23.3 Å². The van der Waals surface area contributed by atoms with Gasteiger partial charge in [0.1, 0.15) is 12.2 Å². The Labute approximate surface area is 176 Å². The topological polar surface area (TPSA) is 18.5 Å². The minimum Gasteiger partial charge on any atom is -0.364 e. The van der Waals surface area contributed by atoms with E-state index >= 15 is 0 Å². The smallest absolute Gasteiger partial charge is 0.108 e. The highest BCUT2D eigenvalue weighted by Gasteiger charge is 2.25. The van der Waals surface area contributed by atoms with Crippen LogP contribution in [0.25, 0.3) is 0 Å². The van der Waals surface area contributed by atoms with Crippen LogP contribution in [-0.2, 0) is 9.47 Å². The molecule has 0 radical (unpaired) electrons. The third kappa shape index (κ3) is 4.65. The Morgan fingerprint density at radius 3 is 1.25 bits per heavy atom. The van der Waals surface area contributed by atoms with Gasteiger partial charge in [0.2, 0.25) is 0 Å². The van der Waals surface area contributed by atoms with Crippen molar-refractivity contribution in [1.29, 1.82) is 0 Å². The van der Waals surface area contributed by atoms with Crippen molar-refractivity contribution in [2.75, 3.05) is 13.2 Å². The standard InChI is InChI=1S/C24H22Cl2O2/c1-15-13-27-24(20-7-11-22(26)12-8-20)18(4)16(2)14-28-23(17(15)3)19-5-9-21(25)10-6-19/h5-12,23-24H,1-4,13-14H2/t23-,24+. The second-order valence-corrected chi connectivity index (χ2v) is 7.62. The molecule has 4 heteroatoms. The zero-order valence-corrected chi connectivity index (χ0v) is 17.1. The lowest BCUT2D eigenvalue weighted by Gasteiger charge is -2.29. The first-order valence-corrected chi connectivity index (χ1v) is 9.60. The maximum absolute atomic E-state index is 6.17. The summed E-state index contributed by atoms with van der Waals surface area (Å²) in [6, 6.07) is 15.0. The quantitative estimate of drug-likeness (QED) is 0.525. The Morgan fingerprint density at radius 1 is 0.607 bits per heavy atom. The molecule has 1 fully saturated rings. The summed E-state index contributed by atoms with van der Waals surface area (Å²) in [5.41, 5.74) is 4.95. The summed E-state index contributed by atoms with van der Waals surface area (Å²) in [4.78, 5) is 0. The minimum absolute atomic E-state index is 0.297. The second kappa shape index (κ2) is 8.93. The molecule has 1 aliphatic rings. The highest BCUT2D eigenvalue weighted by molar-refractivity contribution is 6.30. The maximum atomic E-state index is 6.17. The van der Waals surface area contributed by atoms with E-state index in [2.05, 4.69) is 26.3 Å². The summed E-state index contributed by atoms with van der Waals surface area (Å²) in [6.45, 7) is 17.3. The average Bonchev–Trinajstić information content (AvgIpc) is 2.69. The third-order valence-electron chi connectivity index (χ3n) is 4.74. The normalized spacial score (nSPS) is 21.6. The summed E-state index contributed by atoms with van der Waals surface area (Å²) in [5, 5.41) is 1.33. The van der Waals surface area contributed by atoms with Crippen LogP contribution in [0.2, 0.25) is 10.0 Å². The molecule has 0 N–H and O–H groups in total. The number of halogens is 2. The Morgan fingerprint density at radius 2 is 0.929 bits per heavy atom. The molecule has 0 spiro atoms. The van der Waals surface area contributed by atoms with E-state index < -0.39 is 0 Å². The minimum atomic E-state index is -0.356. The van der Waals surface area contributed by atoms with Gasteiger partial charge in [-0.3, -0.25) is 0 Å². The van der Waals surface area contributed by atoms with Crippen molar-refractivity contribution in [2.45, 2.75) is 12.2 Å². The summed E-state index contributed by atoms with van der Waals surface area (Å²) in [5.74, 6) is 0. The molecule has 2 aromatic carbocycles. The molecule has 0 unspecified atom stereocenters. The van der Waals surface area contributed by atoms with Crippen LogP contribution in [-0.4, -0.2) is 13.2 Å². The van der Waals surface area contributed by atoms with E-state index in [4.69, 9.17) is 32.7 Å². The van der Waals surface area contributed by atoms with Crippen LogP contribution in [0, 0.1) is 0 Å². The van der Waals surface area contributed by atoms with E-state index in [1.54, 1.807) is 0 Å². The van der Waals surface area contributed by atoms with Gasteiger partial charge in [-0.1, -0.05) is 73.8 Å². The molecular formula is C24H22Cl2O2. The van der Waals surface area contributed by atoms with Gasteiger partial charge in [-0.25, -0.2) is 0 Å². The van der Waals surface area contributed by atoms with Gasteiger partial charge in [-0.2, -0.15) is 0 Å². The van der Waals surface area contributed by atoms with Gasteiger partial charge in [0.15, 0.2) is 0 Å². The Kier molecular flexibility index (Phi) is 6.58. The number of rotatable bonds is 2. The van der Waals surface area contributed by atoms with Gasteiger partial charge in [0.05, 0.1) is 13.2 Å². The SMILES string of the molecule is C=C1CO[C@H](c2ccc(Cl)cc2)C(=C)C(=C)CO[C@@H](c2ccc(Cl)cc2)C1=C. The fourth-order valence-corrected chi connectivity index (χ4v) is 3.25. The van der Waals surface area contributed by atoms with Crippen LogP contribution in [0.5, 0.6) is 0 Å². The maximum Gasteiger partial charge on any atom is 0.108 e. The Bertz CT molecular complexity index is 833. The van der Waals surface area contributed by atoms with Crippen LogP contribution >= 0.6 is 23.2 Å². The van der Waals surface area contributed by atoms with E-state index in [0.29, 0.717) is 23.3 Å². The predicted molar refractivity (Wildman–Crippen MR) is 117 cm³/mol. The molecule has 1 aliphatic heterocycles. The first-order valence-electron chi connectivity index (χ1n) is 8.85. The second-order valence-electron chi connectivity index (χ2n) is 6.74. The molecule has 1 saturated heterocycles. The lowest BCUT2D eigenvalue weighted by molar-refractivity contribution is 0.0696. The molecule has 144 valence electrons. The first kappa shape index (κ1) is 20.6. The molecule has 2 aromatic rings. The summed E-state index contributed by atoms with van der Waals surface area (Å²) in [6.07, 6.45) is -0.713. The summed E-state index contributed by atoms with van der Waals surface area (Å²) in [7, 11) is 0. The fourth-order valence-electron chi connectivity index (χ4n) is 3.00. The van der Waals surface area contributed by atoms with Gasteiger partial charge < -0.3 is 9.47 Å². The van der Waals surface area contributed by atoms with Crippen molar-refractivity contribution in [1.82, 2.24) is 0 Å². The molecule has 2 atom stereocenters. The monoisotopic (exact) mass is 412 g/mol. The number of hydrogen-bond donors (Lipinski definition) is 0. The van der Waals surface area contributed by atoms with E-state index in [1.807, 2.05) is 48.5 Å². The zero-order chi connectivity index (χ0) is 20.3. The molecule has 0 saturated carbocycles. The van der Waals surface area contributed by atoms with Crippen LogP contribution < -0.4 is 0 Å². The number of ether oxygens (including phenoxy) is 2. The first-order chi connectivity index (χ1) is 13.4. The van der Waals surface area contributed by atoms with E-state index in [-0.39, 0.29) is 12.2 Å². The van der Waals surface area contributed by atoms with Gasteiger partial charge in [-0.05, 0) is 57.7 Å². The molecule has 0 bridgehead atoms. The molecule has 28 heavy (non-hydrogen) atoms. The number of hydrogen-bond acceptors (Lipinski definition) is 2. The van der Waals surface area contributed by atoms with Crippen LogP contribution in [0.15, 0.2) is 97.1 Å². The predicted octanol–water partition coefficient (Wildman–Crippen LogP) is 7.05. The fraction of sp³-hybridized carbons (Fsp3) is 0.167. The Hall–Kier alpha value is -2.10. The van der Waals surface area contributed by atoms with Crippen molar-refractivity contribution >= 4 is 23.2 Å². The highest BCUT2D eigenvalue weighted by atomic mass is 35.5. The lowest BCUT2D eigenvalue weighted by atomic mass is 9.94. The lowest BCUT2D eigenvalue weighted by Crippen LogP contribution is -2.19. The van der Waals surface area contributed by atoms with E-state index in [1.165, 1.54) is 0 Å². The largest absolute Gasteiger partial charge is 0.364 e. The molecule has 1 heterocycles. The highest BCUT2D eigenvalue weighted by Crippen LogP contribution is 2.36. The summed E-state index contributed by atoms with van der Waals surface area (Å²) < 4.78 is 12.3. The van der Waals surface area contributed by atoms with Gasteiger partial charge >= 0.3 is 0 Å². The van der Waals surface area contributed by atoms with Crippen molar-refractivity contribution in [3.05, 3.63) is 118 Å². The summed E-state index contributed by atoms with van der Waals surface area (Å²) >= 11 is 12.0. The molecule has 0 amide bonds. The van der Waals surface area contributed by atoms with E-state index in [0.717, 1.165) is 33.4 Å². The van der Waals surface area contributed by atoms with Gasteiger partial charge in [0, 0.05) is 10.0 Å². The molecule has 0 aliphatic carbocycles. The molecule has 0 aromatic heterocycles. The third-order valence-corrected chi connectivity index (χ3v) is 5.24. The van der Waals surface area contributed by atoms with Crippen LogP contribution in [0.4, 0.5) is 0 Å². The average molecular weight is 413 g/mol. The van der Waals surface area contributed by atoms with Crippen LogP contribution in [0.3, 0.4) is 0 Å². The van der Waals surface area contributed by atoms with Crippen molar-refractivity contribution in [2.24, 2.45) is 0 Å². The molecular weight excluding hydrogens is 391 g/mol. The molecule has 2 nitrogen and oxygen atoms in total. The van der Waals surface area contributed by atoms with Crippen molar-refractivity contribution in [3.8, 4) is 0 Å². The Balaban J connectivity index is 1.87. The molecule has 3 rings (SSSR count). The van der Waals surface area contributed by atoms with Crippen molar-refractivity contribution < 1.29 is 9.47 Å². The number of benzene rings is 2. The van der Waals surface area contributed by atoms with E-state index in [9.17, 15) is 0 Å². The van der Waals surface area contributed by atoms with Crippen molar-refractivity contribution in [3.63, 3.8) is 0 Å². The zero-order valence-electron chi connectivity index (χ0n) is 15.6. The van der Waals surface area contributed by atoms with Gasteiger partial charge in [0.25, 0.3) is 0 Å². The van der Waals surface area contributed by atoms with Gasteiger partial charge in [-0.15, -0.1) is 0 Å².